The van der Waals surface area contributed by atoms with Crippen LogP contribution in [0.15, 0.2) is 36.7 Å². The number of imidazole rings is 1. The molecule has 1 aliphatic carbocycles. The quantitative estimate of drug-likeness (QED) is 0.631. The first kappa shape index (κ1) is 18.1. The van der Waals surface area contributed by atoms with Crippen LogP contribution in [0.25, 0.3) is 22.2 Å². The van der Waals surface area contributed by atoms with E-state index < -0.39 is 5.82 Å². The summed E-state index contributed by atoms with van der Waals surface area (Å²) in [6.45, 7) is 4.93. The Morgan fingerprint density at radius 2 is 1.89 bits per heavy atom. The van der Waals surface area contributed by atoms with Crippen molar-refractivity contribution in [3.63, 3.8) is 0 Å². The van der Waals surface area contributed by atoms with E-state index in [1.54, 1.807) is 24.5 Å². The molecule has 0 radical (unpaired) electrons. The lowest BCUT2D eigenvalue weighted by molar-refractivity contribution is 0.205. The van der Waals surface area contributed by atoms with Crippen molar-refractivity contribution in [2.45, 2.75) is 52.1 Å². The summed E-state index contributed by atoms with van der Waals surface area (Å²) in [7, 11) is 0. The number of hydrogen-bond acceptors (Lipinski definition) is 2. The van der Waals surface area contributed by atoms with Crippen LogP contribution in [0, 0.1) is 17.0 Å². The molecule has 0 saturated heterocycles. The van der Waals surface area contributed by atoms with E-state index in [0.29, 0.717) is 29.1 Å². The molecule has 0 bridgehead atoms. The maximum atomic E-state index is 14.7. The Kier molecular flexibility index (Phi) is 4.72. The Bertz CT molecular complexity index is 951. The Morgan fingerprint density at radius 3 is 2.67 bits per heavy atom. The van der Waals surface area contributed by atoms with Gasteiger partial charge in [0, 0.05) is 23.7 Å². The van der Waals surface area contributed by atoms with Crippen LogP contribution in [-0.2, 0) is 6.54 Å². The van der Waals surface area contributed by atoms with Gasteiger partial charge >= 0.3 is 0 Å². The monoisotopic (exact) mass is 369 g/mol. The maximum absolute atomic E-state index is 14.7. The fourth-order valence-corrected chi connectivity index (χ4v) is 3.91. The van der Waals surface area contributed by atoms with E-state index in [-0.39, 0.29) is 11.4 Å². The minimum absolute atomic E-state index is 0.271. The fraction of sp³-hybridized carbons (Fsp3) is 0.409. The molecule has 3 nitrogen and oxygen atoms in total. The molecule has 3 aromatic rings. The predicted molar refractivity (Wildman–Crippen MR) is 104 cm³/mol. The molecule has 27 heavy (non-hydrogen) atoms. The highest BCUT2D eigenvalue weighted by Gasteiger charge is 2.26. The largest absolute Gasteiger partial charge is 0.345 e. The molecule has 0 atom stereocenters. The van der Waals surface area contributed by atoms with Gasteiger partial charge in [-0.25, -0.2) is 13.8 Å². The highest BCUT2D eigenvalue weighted by molar-refractivity contribution is 5.81. The first-order valence-electron chi connectivity index (χ1n) is 9.56. The number of aromatic amines is 1. The van der Waals surface area contributed by atoms with Gasteiger partial charge in [-0.1, -0.05) is 19.9 Å². The zero-order valence-electron chi connectivity index (χ0n) is 15.8. The summed E-state index contributed by atoms with van der Waals surface area (Å²) in [4.78, 5) is 7.15. The van der Waals surface area contributed by atoms with Crippen LogP contribution >= 0.6 is 0 Å². The third-order valence-corrected chi connectivity index (χ3v) is 5.79. The molecule has 4 rings (SSSR count). The highest BCUT2D eigenvalue weighted by Crippen LogP contribution is 2.35. The van der Waals surface area contributed by atoms with Gasteiger partial charge < -0.3 is 10.3 Å². The summed E-state index contributed by atoms with van der Waals surface area (Å²) in [5.41, 5.74) is 3.29. The second-order valence-electron chi connectivity index (χ2n) is 8.38. The Balaban J connectivity index is 1.50. The van der Waals surface area contributed by atoms with Gasteiger partial charge in [-0.15, -0.1) is 0 Å². The zero-order valence-corrected chi connectivity index (χ0v) is 15.8. The summed E-state index contributed by atoms with van der Waals surface area (Å²) >= 11 is 0. The van der Waals surface area contributed by atoms with Gasteiger partial charge in [0.1, 0.15) is 11.6 Å². The summed E-state index contributed by atoms with van der Waals surface area (Å²) in [6, 6.07) is 8.36. The average Bonchev–Trinajstić information content (AvgIpc) is 3.10. The van der Waals surface area contributed by atoms with Crippen molar-refractivity contribution in [2.75, 3.05) is 0 Å². The predicted octanol–water partition coefficient (Wildman–Crippen LogP) is 5.57. The van der Waals surface area contributed by atoms with Crippen molar-refractivity contribution in [1.29, 1.82) is 0 Å². The van der Waals surface area contributed by atoms with Crippen LogP contribution in [0.5, 0.6) is 0 Å². The van der Waals surface area contributed by atoms with E-state index in [4.69, 9.17) is 0 Å². The second kappa shape index (κ2) is 7.04. The number of rotatable bonds is 4. The molecule has 1 saturated carbocycles. The molecule has 0 amide bonds. The Hall–Kier alpha value is -2.27. The van der Waals surface area contributed by atoms with Gasteiger partial charge in [-0.2, -0.15) is 0 Å². The number of nitrogens with one attached hydrogen (secondary N) is 2. The number of fused-ring (bicyclic) bond motifs is 1. The van der Waals surface area contributed by atoms with Gasteiger partial charge in [0.05, 0.1) is 17.4 Å². The molecule has 0 spiro atoms. The lowest BCUT2D eigenvalue weighted by atomic mass is 9.75. The normalized spacial score (nSPS) is 17.5. The van der Waals surface area contributed by atoms with Crippen molar-refractivity contribution in [2.24, 2.45) is 5.41 Å². The molecule has 1 heterocycles. The summed E-state index contributed by atoms with van der Waals surface area (Å²) < 4.78 is 29.3. The van der Waals surface area contributed by atoms with Crippen molar-refractivity contribution in [1.82, 2.24) is 15.3 Å². The second-order valence-corrected chi connectivity index (χ2v) is 8.38. The fourth-order valence-electron chi connectivity index (χ4n) is 3.91. The minimum Gasteiger partial charge on any atom is -0.345 e. The molecule has 0 aliphatic heterocycles. The first-order chi connectivity index (χ1) is 12.9. The topological polar surface area (TPSA) is 40.7 Å². The van der Waals surface area contributed by atoms with E-state index in [1.165, 1.54) is 12.1 Å². The van der Waals surface area contributed by atoms with Gasteiger partial charge in [-0.3, -0.25) is 0 Å². The van der Waals surface area contributed by atoms with Crippen LogP contribution in [0.2, 0.25) is 0 Å². The van der Waals surface area contributed by atoms with Gasteiger partial charge in [0.15, 0.2) is 0 Å². The summed E-state index contributed by atoms with van der Waals surface area (Å²) in [5.74, 6) is -0.781. The van der Waals surface area contributed by atoms with E-state index in [0.717, 1.165) is 36.7 Å². The van der Waals surface area contributed by atoms with Crippen LogP contribution in [0.4, 0.5) is 8.78 Å². The van der Waals surface area contributed by atoms with Crippen LogP contribution < -0.4 is 5.32 Å². The first-order valence-corrected chi connectivity index (χ1v) is 9.56. The number of aromatic nitrogens is 2. The number of nitrogens with zero attached hydrogens (tertiary/aromatic N) is 1. The third-order valence-electron chi connectivity index (χ3n) is 5.79. The SMILES string of the molecule is CC1(C)CCC(NCc2cc(F)c(-c3ccc4nc[nH]c4c3)cc2F)CC1. The third kappa shape index (κ3) is 3.88. The Labute approximate surface area is 158 Å². The molecule has 2 N–H and O–H groups in total. The molecular formula is C22H25F2N3. The van der Waals surface area contributed by atoms with Crippen molar-refractivity contribution in [3.05, 3.63) is 53.9 Å². The molecule has 1 aromatic heterocycles. The summed E-state index contributed by atoms with van der Waals surface area (Å²) in [6.07, 6.45) is 6.08. The van der Waals surface area contributed by atoms with E-state index >= 15 is 0 Å². The van der Waals surface area contributed by atoms with Gasteiger partial charge in [0.2, 0.25) is 0 Å². The lowest BCUT2D eigenvalue weighted by Gasteiger charge is -2.34. The van der Waals surface area contributed by atoms with E-state index in [2.05, 4.69) is 29.1 Å². The van der Waals surface area contributed by atoms with Crippen LogP contribution in [-0.4, -0.2) is 16.0 Å². The molecule has 2 aromatic carbocycles. The minimum atomic E-state index is -0.406. The molecule has 1 fully saturated rings. The number of halogens is 2. The smallest absolute Gasteiger partial charge is 0.131 e. The van der Waals surface area contributed by atoms with E-state index in [1.807, 2.05) is 0 Å². The highest BCUT2D eigenvalue weighted by atomic mass is 19.1. The standard InChI is InChI=1S/C22H25F2N3/c1-22(2)7-5-16(6-8-22)25-12-15-9-19(24)17(11-18(15)23)14-3-4-20-21(10-14)27-13-26-20/h3-4,9-11,13,16,25H,5-8,12H2,1-2H3,(H,26,27). The number of hydrogen-bond donors (Lipinski definition) is 2. The zero-order chi connectivity index (χ0) is 19.0. The average molecular weight is 369 g/mol. The lowest BCUT2D eigenvalue weighted by Crippen LogP contribution is -2.35. The van der Waals surface area contributed by atoms with Crippen molar-refractivity contribution < 1.29 is 8.78 Å². The van der Waals surface area contributed by atoms with Gasteiger partial charge in [-0.05, 0) is 60.9 Å². The maximum Gasteiger partial charge on any atom is 0.131 e. The molecular weight excluding hydrogens is 344 g/mol. The molecule has 5 heteroatoms. The molecule has 0 unspecified atom stereocenters. The molecule has 1 aliphatic rings. The van der Waals surface area contributed by atoms with Crippen LogP contribution in [0.1, 0.15) is 45.1 Å². The summed E-state index contributed by atoms with van der Waals surface area (Å²) in [5, 5.41) is 3.40. The number of benzene rings is 2. The van der Waals surface area contributed by atoms with E-state index in [9.17, 15) is 8.78 Å². The number of H-pyrrole nitrogens is 1. The van der Waals surface area contributed by atoms with Gasteiger partial charge in [0.25, 0.3) is 0 Å². The molecule has 142 valence electrons. The Morgan fingerprint density at radius 1 is 1.11 bits per heavy atom. The van der Waals surface area contributed by atoms with Crippen molar-refractivity contribution in [3.8, 4) is 11.1 Å². The van der Waals surface area contributed by atoms with Crippen molar-refractivity contribution >= 4 is 11.0 Å². The van der Waals surface area contributed by atoms with Crippen LogP contribution in [0.3, 0.4) is 0 Å².